The highest BCUT2D eigenvalue weighted by molar-refractivity contribution is 7.92. The largest absolute Gasteiger partial charge is 0.345 e. The van der Waals surface area contributed by atoms with Crippen LogP contribution in [-0.4, -0.2) is 30.5 Å². The number of hydrogen-bond donors (Lipinski definition) is 1. The molecule has 2 heterocycles. The van der Waals surface area contributed by atoms with Crippen molar-refractivity contribution in [3.05, 3.63) is 41.2 Å². The highest BCUT2D eigenvalue weighted by Gasteiger charge is 2.17. The van der Waals surface area contributed by atoms with Gasteiger partial charge >= 0.3 is 0 Å². The first-order chi connectivity index (χ1) is 9.38. The molecule has 1 amide bonds. The van der Waals surface area contributed by atoms with Crippen LogP contribution >= 0.6 is 11.3 Å². The number of amides is 1. The molecule has 0 unspecified atom stereocenters. The molecule has 2 rings (SSSR count). The molecule has 0 aromatic carbocycles. The van der Waals surface area contributed by atoms with Crippen molar-refractivity contribution in [2.45, 2.75) is 17.3 Å². The highest BCUT2D eigenvalue weighted by atomic mass is 32.2. The van der Waals surface area contributed by atoms with E-state index in [2.05, 4.69) is 15.3 Å². The summed E-state index contributed by atoms with van der Waals surface area (Å²) in [6.07, 6.45) is 5.65. The monoisotopic (exact) mass is 311 g/mol. The third-order valence-electron chi connectivity index (χ3n) is 2.54. The van der Waals surface area contributed by atoms with Crippen molar-refractivity contribution in [3.63, 3.8) is 0 Å². The molecule has 2 aromatic heterocycles. The Bertz CT molecular complexity index is 711. The maximum Gasteiger partial charge on any atom is 0.251 e. The molecule has 0 spiro atoms. The van der Waals surface area contributed by atoms with Gasteiger partial charge in [0.1, 0.15) is 0 Å². The number of rotatable bonds is 4. The van der Waals surface area contributed by atoms with Crippen LogP contribution in [0.1, 0.15) is 28.2 Å². The summed E-state index contributed by atoms with van der Waals surface area (Å²) in [5, 5.41) is 2.79. The van der Waals surface area contributed by atoms with Gasteiger partial charge in [-0.15, -0.1) is 11.3 Å². The number of nitrogens with zero attached hydrogens (tertiary/aromatic N) is 2. The lowest BCUT2D eigenvalue weighted by Crippen LogP contribution is -2.26. The average molecular weight is 311 g/mol. The van der Waals surface area contributed by atoms with Gasteiger partial charge < -0.3 is 5.32 Å². The van der Waals surface area contributed by atoms with Crippen molar-refractivity contribution in [1.29, 1.82) is 0 Å². The van der Waals surface area contributed by atoms with E-state index in [-0.39, 0.29) is 16.3 Å². The molecule has 0 fully saturated rings. The van der Waals surface area contributed by atoms with E-state index in [1.54, 1.807) is 19.1 Å². The normalized spacial score (nSPS) is 12.9. The number of carbonyl (C=O) groups is 1. The van der Waals surface area contributed by atoms with Gasteiger partial charge in [0, 0.05) is 35.3 Å². The van der Waals surface area contributed by atoms with E-state index in [9.17, 15) is 13.2 Å². The molecule has 0 saturated carbocycles. The van der Waals surface area contributed by atoms with Crippen molar-refractivity contribution in [3.8, 4) is 0 Å². The first-order valence-electron chi connectivity index (χ1n) is 5.74. The van der Waals surface area contributed by atoms with E-state index < -0.39 is 9.84 Å². The molecule has 0 aliphatic heterocycles. The molecule has 8 heteroatoms. The summed E-state index contributed by atoms with van der Waals surface area (Å²) in [6, 6.07) is 2.90. The molecule has 106 valence electrons. The van der Waals surface area contributed by atoms with Crippen LogP contribution in [0.15, 0.2) is 35.1 Å². The third kappa shape index (κ3) is 3.40. The van der Waals surface area contributed by atoms with Gasteiger partial charge in [0.05, 0.1) is 6.04 Å². The molecule has 0 aliphatic carbocycles. The molecule has 6 nitrogen and oxygen atoms in total. The maximum absolute atomic E-state index is 12.0. The van der Waals surface area contributed by atoms with Gasteiger partial charge in [-0.05, 0) is 19.1 Å². The smallest absolute Gasteiger partial charge is 0.251 e. The van der Waals surface area contributed by atoms with E-state index >= 15 is 0 Å². The summed E-state index contributed by atoms with van der Waals surface area (Å²) in [7, 11) is -3.31. The number of thiazole rings is 1. The fourth-order valence-corrected chi connectivity index (χ4v) is 3.28. The van der Waals surface area contributed by atoms with Gasteiger partial charge in [-0.2, -0.15) is 0 Å². The lowest BCUT2D eigenvalue weighted by atomic mass is 10.2. The molecule has 0 bridgehead atoms. The van der Waals surface area contributed by atoms with Crippen LogP contribution in [-0.2, 0) is 9.84 Å². The van der Waals surface area contributed by atoms with Crippen molar-refractivity contribution in [2.24, 2.45) is 0 Å². The lowest BCUT2D eigenvalue weighted by molar-refractivity contribution is 0.0940. The first-order valence-corrected chi connectivity index (χ1v) is 8.45. The van der Waals surface area contributed by atoms with Crippen LogP contribution in [0.4, 0.5) is 0 Å². The van der Waals surface area contributed by atoms with E-state index in [1.807, 2.05) is 0 Å². The summed E-state index contributed by atoms with van der Waals surface area (Å²) in [6.45, 7) is 1.78. The minimum atomic E-state index is -3.31. The summed E-state index contributed by atoms with van der Waals surface area (Å²) < 4.78 is 22.8. The minimum absolute atomic E-state index is 0.0533. The average Bonchev–Trinajstić information content (AvgIpc) is 2.89. The quantitative estimate of drug-likeness (QED) is 0.922. The zero-order chi connectivity index (χ0) is 14.8. The standard InChI is InChI=1S/C12H13N3O3S2/c1-8(10-7-14-12(19-10)20(2,17)18)15-11(16)9-3-5-13-6-4-9/h3-8H,1-2H3,(H,15,16)/t8-/m0/s1. The molecule has 20 heavy (non-hydrogen) atoms. The molecule has 0 radical (unpaired) electrons. The Morgan fingerprint density at radius 1 is 1.35 bits per heavy atom. The summed E-state index contributed by atoms with van der Waals surface area (Å²) in [5.41, 5.74) is 0.500. The Morgan fingerprint density at radius 3 is 2.55 bits per heavy atom. The van der Waals surface area contributed by atoms with Crippen LogP contribution in [0.25, 0.3) is 0 Å². The first kappa shape index (κ1) is 14.6. The van der Waals surface area contributed by atoms with Gasteiger partial charge in [-0.1, -0.05) is 0 Å². The second kappa shape index (κ2) is 5.68. The SMILES string of the molecule is C[C@H](NC(=O)c1ccncc1)c1cnc(S(C)(=O)=O)s1. The highest BCUT2D eigenvalue weighted by Crippen LogP contribution is 2.23. The van der Waals surface area contributed by atoms with Crippen molar-refractivity contribution < 1.29 is 13.2 Å². The van der Waals surface area contributed by atoms with Gasteiger partial charge in [0.15, 0.2) is 0 Å². The van der Waals surface area contributed by atoms with Crippen LogP contribution < -0.4 is 5.32 Å². The van der Waals surface area contributed by atoms with Crippen molar-refractivity contribution in [1.82, 2.24) is 15.3 Å². The Labute approximate surface area is 120 Å². The fraction of sp³-hybridized carbons (Fsp3) is 0.250. The molecule has 0 aliphatic rings. The van der Waals surface area contributed by atoms with Crippen LogP contribution in [0.5, 0.6) is 0 Å². The predicted molar refractivity (Wildman–Crippen MR) is 75.3 cm³/mol. The molecule has 0 saturated heterocycles. The number of nitrogens with one attached hydrogen (secondary N) is 1. The second-order valence-electron chi connectivity index (χ2n) is 4.23. The fourth-order valence-electron chi connectivity index (χ4n) is 1.50. The van der Waals surface area contributed by atoms with E-state index in [0.29, 0.717) is 10.4 Å². The zero-order valence-corrected chi connectivity index (χ0v) is 12.5. The topological polar surface area (TPSA) is 89.0 Å². The van der Waals surface area contributed by atoms with Gasteiger partial charge in [0.25, 0.3) is 5.91 Å². The van der Waals surface area contributed by atoms with Crippen LogP contribution in [0.2, 0.25) is 0 Å². The Morgan fingerprint density at radius 2 is 2.00 bits per heavy atom. The number of carbonyl (C=O) groups excluding carboxylic acids is 1. The second-order valence-corrected chi connectivity index (χ2v) is 7.48. The van der Waals surface area contributed by atoms with E-state index in [4.69, 9.17) is 0 Å². The minimum Gasteiger partial charge on any atom is -0.345 e. The lowest BCUT2D eigenvalue weighted by Gasteiger charge is -2.11. The Kier molecular flexibility index (Phi) is 4.15. The third-order valence-corrected chi connectivity index (χ3v) is 5.41. The molecule has 2 aromatic rings. The summed E-state index contributed by atoms with van der Waals surface area (Å²) in [4.78, 5) is 20.3. The molecular weight excluding hydrogens is 298 g/mol. The summed E-state index contributed by atoms with van der Waals surface area (Å²) in [5.74, 6) is -0.241. The Balaban J connectivity index is 2.11. The maximum atomic E-state index is 12.0. The molecular formula is C12H13N3O3S2. The van der Waals surface area contributed by atoms with Gasteiger partial charge in [-0.25, -0.2) is 13.4 Å². The van der Waals surface area contributed by atoms with E-state index in [1.165, 1.54) is 18.6 Å². The predicted octanol–water partition coefficient (Wildman–Crippen LogP) is 1.43. The number of sulfone groups is 1. The van der Waals surface area contributed by atoms with Crippen molar-refractivity contribution >= 4 is 27.1 Å². The molecule has 1 atom stereocenters. The van der Waals surface area contributed by atoms with Crippen molar-refractivity contribution in [2.75, 3.05) is 6.26 Å². The number of hydrogen-bond acceptors (Lipinski definition) is 6. The summed E-state index contributed by atoms with van der Waals surface area (Å²) >= 11 is 1.06. The molecule has 1 N–H and O–H groups in total. The van der Waals surface area contributed by atoms with Gasteiger partial charge in [0.2, 0.25) is 14.2 Å². The van der Waals surface area contributed by atoms with Crippen LogP contribution in [0.3, 0.4) is 0 Å². The van der Waals surface area contributed by atoms with E-state index in [0.717, 1.165) is 17.6 Å². The Hall–Kier alpha value is -1.80. The van der Waals surface area contributed by atoms with Crippen LogP contribution in [0, 0.1) is 0 Å². The number of pyridine rings is 1. The zero-order valence-electron chi connectivity index (χ0n) is 10.9. The van der Waals surface area contributed by atoms with Gasteiger partial charge in [-0.3, -0.25) is 9.78 Å². The number of aromatic nitrogens is 2.